The van der Waals surface area contributed by atoms with Gasteiger partial charge in [-0.1, -0.05) is 19.1 Å². The van der Waals surface area contributed by atoms with Crippen LogP contribution in [0, 0.1) is 0 Å². The van der Waals surface area contributed by atoms with Gasteiger partial charge in [-0.25, -0.2) is 0 Å². The van der Waals surface area contributed by atoms with Crippen molar-refractivity contribution in [3.63, 3.8) is 0 Å². The van der Waals surface area contributed by atoms with Gasteiger partial charge in [0.05, 0.1) is 24.3 Å². The smallest absolute Gasteiger partial charge is 0.481 e. The van der Waals surface area contributed by atoms with E-state index in [0.717, 1.165) is 12.1 Å². The molecule has 140 valence electrons. The Kier molecular flexibility index (Phi) is 5.91. The quantitative estimate of drug-likeness (QED) is 0.775. The van der Waals surface area contributed by atoms with Crippen molar-refractivity contribution in [1.29, 1.82) is 0 Å². The van der Waals surface area contributed by atoms with Crippen LogP contribution in [0.1, 0.15) is 41.1 Å². The first-order valence-corrected chi connectivity index (χ1v) is 7.64. The van der Waals surface area contributed by atoms with Crippen molar-refractivity contribution in [2.45, 2.75) is 32.2 Å². The van der Waals surface area contributed by atoms with E-state index in [1.54, 1.807) is 6.92 Å². The summed E-state index contributed by atoms with van der Waals surface area (Å²) in [6.45, 7) is 1.80. The second-order valence-corrected chi connectivity index (χ2v) is 5.35. The molecule has 1 amide bonds. The molecule has 0 aliphatic carbocycles. The van der Waals surface area contributed by atoms with Gasteiger partial charge in [-0.05, 0) is 23.8 Å². The molecule has 1 atom stereocenters. The molecule has 1 aromatic heterocycles. The molecule has 9 heteroatoms. The number of carbonyl (C=O) groups is 2. The van der Waals surface area contributed by atoms with Crippen LogP contribution in [0.2, 0.25) is 0 Å². The highest BCUT2D eigenvalue weighted by atomic mass is 19.4. The molecule has 0 radical (unpaired) electrons. The highest BCUT2D eigenvalue weighted by molar-refractivity contribution is 5.95. The first kappa shape index (κ1) is 19.4. The molecule has 1 heterocycles. The number of benzene rings is 1. The van der Waals surface area contributed by atoms with Crippen molar-refractivity contribution >= 4 is 11.9 Å². The first-order valence-electron chi connectivity index (χ1n) is 7.64. The summed E-state index contributed by atoms with van der Waals surface area (Å²) in [5.74, 6) is -1.69. The highest BCUT2D eigenvalue weighted by Crippen LogP contribution is 2.26. The van der Waals surface area contributed by atoms with Crippen LogP contribution in [0.25, 0.3) is 0 Å². The summed E-state index contributed by atoms with van der Waals surface area (Å²) >= 11 is 0. The van der Waals surface area contributed by atoms with Crippen LogP contribution in [0.15, 0.2) is 41.0 Å². The summed E-state index contributed by atoms with van der Waals surface area (Å²) in [7, 11) is 0. The number of ether oxygens (including phenoxy) is 1. The Balaban J connectivity index is 2.19. The highest BCUT2D eigenvalue weighted by Gasteiger charge is 2.31. The molecule has 2 rings (SSSR count). The number of rotatable bonds is 7. The van der Waals surface area contributed by atoms with Crippen molar-refractivity contribution in [1.82, 2.24) is 5.32 Å². The standard InChI is InChI=1S/C17H16F3NO5/c1-2-14-12(7-8-25-14)16(24)21-13(9-15(22)23)10-3-5-11(6-4-10)26-17(18,19)20/h3-8,13H,2,9H2,1H3,(H,21,24)(H,22,23). The normalized spacial score (nSPS) is 12.5. The average Bonchev–Trinajstić information content (AvgIpc) is 3.01. The van der Waals surface area contributed by atoms with Crippen LogP contribution in [-0.4, -0.2) is 23.3 Å². The molecule has 1 aromatic carbocycles. The minimum Gasteiger partial charge on any atom is -0.481 e. The van der Waals surface area contributed by atoms with Gasteiger partial charge in [0, 0.05) is 6.42 Å². The summed E-state index contributed by atoms with van der Waals surface area (Å²) in [6, 6.07) is 5.18. The number of carboxylic acids is 1. The van der Waals surface area contributed by atoms with Gasteiger partial charge in [0.2, 0.25) is 0 Å². The van der Waals surface area contributed by atoms with E-state index >= 15 is 0 Å². The predicted molar refractivity (Wildman–Crippen MR) is 83.7 cm³/mol. The largest absolute Gasteiger partial charge is 0.573 e. The molecule has 26 heavy (non-hydrogen) atoms. The second kappa shape index (κ2) is 7.94. The Morgan fingerprint density at radius 2 is 1.88 bits per heavy atom. The molecular formula is C17H16F3NO5. The number of aliphatic carboxylic acids is 1. The van der Waals surface area contributed by atoms with E-state index in [4.69, 9.17) is 9.52 Å². The van der Waals surface area contributed by atoms with Crippen molar-refractivity contribution in [2.24, 2.45) is 0 Å². The van der Waals surface area contributed by atoms with Gasteiger partial charge in [-0.15, -0.1) is 13.2 Å². The molecule has 2 aromatic rings. The third-order valence-corrected chi connectivity index (χ3v) is 3.51. The van der Waals surface area contributed by atoms with E-state index in [0.29, 0.717) is 17.7 Å². The van der Waals surface area contributed by atoms with Gasteiger partial charge < -0.3 is 19.6 Å². The Morgan fingerprint density at radius 1 is 1.23 bits per heavy atom. The zero-order chi connectivity index (χ0) is 19.3. The summed E-state index contributed by atoms with van der Waals surface area (Å²) in [5.41, 5.74) is 0.608. The number of carboxylic acid groups (broad SMARTS) is 1. The Morgan fingerprint density at radius 3 is 2.42 bits per heavy atom. The number of aryl methyl sites for hydroxylation is 1. The lowest BCUT2D eigenvalue weighted by atomic mass is 10.0. The predicted octanol–water partition coefficient (Wildman–Crippen LogP) is 3.69. The summed E-state index contributed by atoms with van der Waals surface area (Å²) < 4.78 is 45.6. The van der Waals surface area contributed by atoms with Crippen molar-refractivity contribution in [3.8, 4) is 5.75 Å². The first-order chi connectivity index (χ1) is 12.2. The van der Waals surface area contributed by atoms with E-state index in [2.05, 4.69) is 10.1 Å². The van der Waals surface area contributed by atoms with E-state index < -0.39 is 36.5 Å². The molecule has 0 bridgehead atoms. The summed E-state index contributed by atoms with van der Waals surface area (Å²) in [6.07, 6.45) is -3.44. The zero-order valence-electron chi connectivity index (χ0n) is 13.7. The number of nitrogens with one attached hydrogen (secondary N) is 1. The average molecular weight is 371 g/mol. The van der Waals surface area contributed by atoms with E-state index in [9.17, 15) is 22.8 Å². The fourth-order valence-corrected chi connectivity index (χ4v) is 2.38. The maximum Gasteiger partial charge on any atom is 0.573 e. The third kappa shape index (κ3) is 5.27. The van der Waals surface area contributed by atoms with Gasteiger partial charge in [-0.2, -0.15) is 0 Å². The number of amides is 1. The third-order valence-electron chi connectivity index (χ3n) is 3.51. The molecular weight excluding hydrogens is 355 g/mol. The van der Waals surface area contributed by atoms with Crippen LogP contribution in [0.4, 0.5) is 13.2 Å². The van der Waals surface area contributed by atoms with Crippen LogP contribution in [0.3, 0.4) is 0 Å². The van der Waals surface area contributed by atoms with Crippen molar-refractivity contribution < 1.29 is 37.0 Å². The lowest BCUT2D eigenvalue weighted by Crippen LogP contribution is -2.30. The van der Waals surface area contributed by atoms with E-state index in [1.165, 1.54) is 24.5 Å². The van der Waals surface area contributed by atoms with Crippen molar-refractivity contribution in [2.75, 3.05) is 0 Å². The van der Waals surface area contributed by atoms with Gasteiger partial charge >= 0.3 is 12.3 Å². The number of carbonyl (C=O) groups excluding carboxylic acids is 1. The second-order valence-electron chi connectivity index (χ2n) is 5.35. The zero-order valence-corrected chi connectivity index (χ0v) is 13.7. The van der Waals surface area contributed by atoms with Gasteiger partial charge in [0.15, 0.2) is 0 Å². The number of halogens is 3. The molecule has 2 N–H and O–H groups in total. The lowest BCUT2D eigenvalue weighted by molar-refractivity contribution is -0.274. The van der Waals surface area contributed by atoms with E-state index in [-0.39, 0.29) is 5.56 Å². The monoisotopic (exact) mass is 371 g/mol. The van der Waals surface area contributed by atoms with Gasteiger partial charge in [0.25, 0.3) is 5.91 Å². The molecule has 6 nitrogen and oxygen atoms in total. The van der Waals surface area contributed by atoms with Crippen LogP contribution in [-0.2, 0) is 11.2 Å². The molecule has 0 saturated heterocycles. The van der Waals surface area contributed by atoms with Crippen LogP contribution < -0.4 is 10.1 Å². The minimum absolute atomic E-state index is 0.278. The van der Waals surface area contributed by atoms with Gasteiger partial charge in [-0.3, -0.25) is 9.59 Å². The van der Waals surface area contributed by atoms with Gasteiger partial charge in [0.1, 0.15) is 11.5 Å². The summed E-state index contributed by atoms with van der Waals surface area (Å²) in [4.78, 5) is 23.5. The topological polar surface area (TPSA) is 88.8 Å². The Labute approximate surface area is 146 Å². The molecule has 0 spiro atoms. The molecule has 0 aliphatic heterocycles. The summed E-state index contributed by atoms with van der Waals surface area (Å²) in [5, 5.41) is 11.6. The molecule has 0 fully saturated rings. The number of furan rings is 1. The van der Waals surface area contributed by atoms with Crippen LogP contribution >= 0.6 is 0 Å². The molecule has 0 saturated carbocycles. The fourth-order valence-electron chi connectivity index (χ4n) is 2.38. The Bertz CT molecular complexity index is 767. The Hall–Kier alpha value is -2.97. The van der Waals surface area contributed by atoms with Crippen LogP contribution in [0.5, 0.6) is 5.75 Å². The molecule has 0 aliphatic rings. The SMILES string of the molecule is CCc1occc1C(=O)NC(CC(=O)O)c1ccc(OC(F)(F)F)cc1. The van der Waals surface area contributed by atoms with E-state index in [1.807, 2.05) is 0 Å². The van der Waals surface area contributed by atoms with Crippen molar-refractivity contribution in [3.05, 3.63) is 53.5 Å². The fraction of sp³-hybridized carbons (Fsp3) is 0.294. The number of hydrogen-bond acceptors (Lipinski definition) is 4. The molecule has 1 unspecified atom stereocenters. The maximum absolute atomic E-state index is 12.4. The number of hydrogen-bond donors (Lipinski definition) is 2. The lowest BCUT2D eigenvalue weighted by Gasteiger charge is -2.18. The maximum atomic E-state index is 12.4. The number of alkyl halides is 3. The minimum atomic E-state index is -4.83.